The maximum Gasteiger partial charge on any atom is 0.289 e. The number of rotatable bonds is 9. The molecule has 6 nitrogen and oxygen atoms in total. The standard InChI is InChI=1S/C20H26N4O2/c1-2-3-4-8-16-18(17-9-5-6-10-22-17)24(20(26)19(16)25)13-7-12-23-14-11-21-15-23/h5-6,9-11,14-15,18,25H,2-4,7-8,12-13H2,1H3. The molecule has 1 atom stereocenters. The van der Waals surface area contributed by atoms with Gasteiger partial charge in [0.1, 0.15) is 0 Å². The number of carbonyl (C=O) groups is 1. The van der Waals surface area contributed by atoms with Crippen molar-refractivity contribution in [3.8, 4) is 0 Å². The van der Waals surface area contributed by atoms with Gasteiger partial charge in [0.25, 0.3) is 5.91 Å². The number of imidazole rings is 1. The summed E-state index contributed by atoms with van der Waals surface area (Å²) in [4.78, 5) is 23.0. The summed E-state index contributed by atoms with van der Waals surface area (Å²) in [5, 5.41) is 10.5. The van der Waals surface area contributed by atoms with Crippen molar-refractivity contribution in [1.82, 2.24) is 19.4 Å². The molecule has 0 fully saturated rings. The third-order valence-electron chi connectivity index (χ3n) is 4.80. The summed E-state index contributed by atoms with van der Waals surface area (Å²) in [6.45, 7) is 3.50. The molecule has 3 rings (SSSR count). The van der Waals surface area contributed by atoms with Gasteiger partial charge >= 0.3 is 0 Å². The fourth-order valence-corrected chi connectivity index (χ4v) is 3.48. The first-order chi connectivity index (χ1) is 12.7. The number of aliphatic hydroxyl groups excluding tert-OH is 1. The lowest BCUT2D eigenvalue weighted by molar-refractivity contribution is -0.129. The number of unbranched alkanes of at least 4 members (excludes halogenated alkanes) is 2. The third kappa shape index (κ3) is 3.95. The molecule has 0 radical (unpaired) electrons. The van der Waals surface area contributed by atoms with Crippen LogP contribution in [0.1, 0.15) is 50.8 Å². The summed E-state index contributed by atoms with van der Waals surface area (Å²) in [5.41, 5.74) is 1.63. The van der Waals surface area contributed by atoms with Crippen LogP contribution >= 0.6 is 0 Å². The highest BCUT2D eigenvalue weighted by Gasteiger charge is 2.40. The molecule has 0 saturated carbocycles. The molecule has 3 heterocycles. The Labute approximate surface area is 154 Å². The molecule has 6 heteroatoms. The Balaban J connectivity index is 1.77. The number of amides is 1. The average molecular weight is 354 g/mol. The summed E-state index contributed by atoms with van der Waals surface area (Å²) in [6.07, 6.45) is 11.8. The van der Waals surface area contributed by atoms with Crippen LogP contribution in [0.4, 0.5) is 0 Å². The smallest absolute Gasteiger partial charge is 0.289 e. The van der Waals surface area contributed by atoms with Crippen molar-refractivity contribution in [2.45, 2.75) is 51.6 Å². The number of carbonyl (C=O) groups excluding carboxylic acids is 1. The van der Waals surface area contributed by atoms with Crippen LogP contribution in [0.25, 0.3) is 0 Å². The fraction of sp³-hybridized carbons (Fsp3) is 0.450. The molecule has 0 bridgehead atoms. The van der Waals surface area contributed by atoms with Gasteiger partial charge in [0.15, 0.2) is 5.76 Å². The Morgan fingerprint density at radius 2 is 2.04 bits per heavy atom. The van der Waals surface area contributed by atoms with E-state index in [-0.39, 0.29) is 17.7 Å². The summed E-state index contributed by atoms with van der Waals surface area (Å²) >= 11 is 0. The van der Waals surface area contributed by atoms with E-state index in [4.69, 9.17) is 0 Å². The lowest BCUT2D eigenvalue weighted by Gasteiger charge is -2.26. The number of pyridine rings is 1. The van der Waals surface area contributed by atoms with Gasteiger partial charge in [-0.05, 0) is 31.4 Å². The molecule has 1 aliphatic heterocycles. The zero-order valence-corrected chi connectivity index (χ0v) is 15.2. The number of hydrogen-bond donors (Lipinski definition) is 1. The van der Waals surface area contributed by atoms with Gasteiger partial charge in [0, 0.05) is 37.3 Å². The van der Waals surface area contributed by atoms with Gasteiger partial charge in [-0.3, -0.25) is 9.78 Å². The Morgan fingerprint density at radius 3 is 2.73 bits per heavy atom. The van der Waals surface area contributed by atoms with Gasteiger partial charge < -0.3 is 14.6 Å². The monoisotopic (exact) mass is 354 g/mol. The molecule has 2 aromatic heterocycles. The van der Waals surface area contributed by atoms with Gasteiger partial charge in [0.05, 0.1) is 18.1 Å². The van der Waals surface area contributed by atoms with E-state index in [1.807, 2.05) is 29.0 Å². The van der Waals surface area contributed by atoms with Gasteiger partial charge in [-0.25, -0.2) is 4.98 Å². The average Bonchev–Trinajstić information content (AvgIpc) is 3.26. The normalized spacial score (nSPS) is 17.3. The molecular formula is C20H26N4O2. The van der Waals surface area contributed by atoms with Crippen molar-refractivity contribution in [3.63, 3.8) is 0 Å². The minimum Gasteiger partial charge on any atom is -0.503 e. The predicted octanol–water partition coefficient (Wildman–Crippen LogP) is 3.64. The maximum atomic E-state index is 12.7. The van der Waals surface area contributed by atoms with E-state index in [0.29, 0.717) is 6.54 Å². The molecule has 1 amide bonds. The highest BCUT2D eigenvalue weighted by molar-refractivity contribution is 5.95. The van der Waals surface area contributed by atoms with Crippen LogP contribution in [0.2, 0.25) is 0 Å². The predicted molar refractivity (Wildman–Crippen MR) is 99.3 cm³/mol. The van der Waals surface area contributed by atoms with Gasteiger partial charge in [0.2, 0.25) is 0 Å². The van der Waals surface area contributed by atoms with E-state index in [1.54, 1.807) is 23.6 Å². The molecule has 26 heavy (non-hydrogen) atoms. The molecule has 0 aromatic carbocycles. The van der Waals surface area contributed by atoms with Crippen molar-refractivity contribution in [2.75, 3.05) is 6.54 Å². The molecule has 138 valence electrons. The molecule has 0 saturated heterocycles. The zero-order valence-electron chi connectivity index (χ0n) is 15.2. The number of hydrogen-bond acceptors (Lipinski definition) is 4. The van der Waals surface area contributed by atoms with Crippen molar-refractivity contribution in [3.05, 3.63) is 60.1 Å². The fourth-order valence-electron chi connectivity index (χ4n) is 3.48. The van der Waals surface area contributed by atoms with Crippen molar-refractivity contribution in [2.24, 2.45) is 0 Å². The Hall–Kier alpha value is -2.63. The summed E-state index contributed by atoms with van der Waals surface area (Å²) in [7, 11) is 0. The minimum atomic E-state index is -0.280. The number of nitrogens with zero attached hydrogens (tertiary/aromatic N) is 4. The number of aliphatic hydroxyl groups is 1. The Bertz CT molecular complexity index is 740. The molecule has 0 spiro atoms. The SMILES string of the molecule is CCCCCC1=C(O)C(=O)N(CCCn2ccnc2)C1c1ccccn1. The molecule has 1 N–H and O–H groups in total. The lowest BCUT2D eigenvalue weighted by Crippen LogP contribution is -2.32. The first kappa shape index (κ1) is 18.2. The van der Waals surface area contributed by atoms with Crippen LogP contribution < -0.4 is 0 Å². The molecule has 1 aliphatic rings. The van der Waals surface area contributed by atoms with Crippen molar-refractivity contribution in [1.29, 1.82) is 0 Å². The lowest BCUT2D eigenvalue weighted by atomic mass is 9.98. The van der Waals surface area contributed by atoms with Crippen LogP contribution in [-0.4, -0.2) is 37.0 Å². The Morgan fingerprint density at radius 1 is 1.15 bits per heavy atom. The quantitative estimate of drug-likeness (QED) is 0.698. The van der Waals surface area contributed by atoms with E-state index in [0.717, 1.165) is 49.9 Å². The van der Waals surface area contributed by atoms with Crippen LogP contribution in [0, 0.1) is 0 Å². The van der Waals surface area contributed by atoms with Crippen molar-refractivity contribution >= 4 is 5.91 Å². The first-order valence-electron chi connectivity index (χ1n) is 9.32. The summed E-state index contributed by atoms with van der Waals surface area (Å²) < 4.78 is 1.99. The highest BCUT2D eigenvalue weighted by Crippen LogP contribution is 2.38. The Kier molecular flexibility index (Phi) is 6.04. The van der Waals surface area contributed by atoms with Crippen LogP contribution in [0.5, 0.6) is 0 Å². The van der Waals surface area contributed by atoms with E-state index in [2.05, 4.69) is 16.9 Å². The second-order valence-electron chi connectivity index (χ2n) is 6.64. The van der Waals surface area contributed by atoms with Gasteiger partial charge in [-0.1, -0.05) is 25.8 Å². The number of aromatic nitrogens is 3. The second-order valence-corrected chi connectivity index (χ2v) is 6.64. The van der Waals surface area contributed by atoms with E-state index < -0.39 is 0 Å². The molecular weight excluding hydrogens is 328 g/mol. The van der Waals surface area contributed by atoms with Gasteiger partial charge in [-0.15, -0.1) is 0 Å². The van der Waals surface area contributed by atoms with E-state index in [1.165, 1.54) is 0 Å². The maximum absolute atomic E-state index is 12.7. The number of aryl methyl sites for hydroxylation is 1. The first-order valence-corrected chi connectivity index (χ1v) is 9.32. The minimum absolute atomic E-state index is 0.0839. The second kappa shape index (κ2) is 8.65. The van der Waals surface area contributed by atoms with E-state index in [9.17, 15) is 9.90 Å². The zero-order chi connectivity index (χ0) is 18.4. The highest BCUT2D eigenvalue weighted by atomic mass is 16.3. The van der Waals surface area contributed by atoms with Crippen LogP contribution in [-0.2, 0) is 11.3 Å². The van der Waals surface area contributed by atoms with Gasteiger partial charge in [-0.2, -0.15) is 0 Å². The topological polar surface area (TPSA) is 71.2 Å². The largest absolute Gasteiger partial charge is 0.503 e. The summed E-state index contributed by atoms with van der Waals surface area (Å²) in [6, 6.07) is 5.46. The van der Waals surface area contributed by atoms with Crippen molar-refractivity contribution < 1.29 is 9.90 Å². The molecule has 0 aliphatic carbocycles. The molecule has 1 unspecified atom stereocenters. The van der Waals surface area contributed by atoms with E-state index >= 15 is 0 Å². The van der Waals surface area contributed by atoms with Crippen LogP contribution in [0.15, 0.2) is 54.4 Å². The third-order valence-corrected chi connectivity index (χ3v) is 4.80. The van der Waals surface area contributed by atoms with Crippen LogP contribution in [0.3, 0.4) is 0 Å². The summed E-state index contributed by atoms with van der Waals surface area (Å²) in [5.74, 6) is -0.364. The molecule has 2 aromatic rings.